The van der Waals surface area contributed by atoms with Gasteiger partial charge in [-0.3, -0.25) is 0 Å². The summed E-state index contributed by atoms with van der Waals surface area (Å²) in [6, 6.07) is 2.00. The van der Waals surface area contributed by atoms with E-state index in [1.54, 1.807) is 0 Å². The van der Waals surface area contributed by atoms with Gasteiger partial charge in [0.1, 0.15) is 11.6 Å². The maximum absolute atomic E-state index is 4.47. The minimum Gasteiger partial charge on any atom is -0.373 e. The molecule has 0 bridgehead atoms. The lowest BCUT2D eigenvalue weighted by molar-refractivity contribution is 0.942. The second-order valence-corrected chi connectivity index (χ2v) is 4.18. The van der Waals surface area contributed by atoms with Crippen LogP contribution in [0.2, 0.25) is 0 Å². The molecule has 1 aromatic rings. The van der Waals surface area contributed by atoms with Gasteiger partial charge in [0.2, 0.25) is 0 Å². The molecule has 0 radical (unpaired) electrons. The first kappa shape index (κ1) is 11.3. The van der Waals surface area contributed by atoms with Crippen molar-refractivity contribution < 1.29 is 0 Å². The van der Waals surface area contributed by atoms with Crippen LogP contribution < -0.4 is 5.32 Å². The Balaban J connectivity index is 2.81. The molecule has 14 heavy (non-hydrogen) atoms. The van der Waals surface area contributed by atoms with Crippen LogP contribution in [0.1, 0.15) is 25.4 Å². The van der Waals surface area contributed by atoms with E-state index in [0.29, 0.717) is 0 Å². The zero-order valence-corrected chi connectivity index (χ0v) is 9.82. The highest BCUT2D eigenvalue weighted by atomic mass is 32.2. The van der Waals surface area contributed by atoms with Crippen LogP contribution in [0.4, 0.5) is 5.82 Å². The zero-order chi connectivity index (χ0) is 10.4. The van der Waals surface area contributed by atoms with E-state index >= 15 is 0 Å². The lowest BCUT2D eigenvalue weighted by Crippen LogP contribution is -2.02. The molecule has 0 spiro atoms. The minimum atomic E-state index is 0.902. The summed E-state index contributed by atoms with van der Waals surface area (Å²) in [6.45, 7) is 4.26. The van der Waals surface area contributed by atoms with Crippen molar-refractivity contribution in [2.45, 2.75) is 26.0 Å². The van der Waals surface area contributed by atoms with E-state index in [-0.39, 0.29) is 0 Å². The second-order valence-electron chi connectivity index (χ2n) is 2.90. The van der Waals surface area contributed by atoms with E-state index in [0.717, 1.165) is 35.3 Å². The number of hydrogen-bond donors (Lipinski definition) is 1. The molecule has 0 saturated heterocycles. The quantitative estimate of drug-likeness (QED) is 0.811. The SMILES string of the molecule is CCSCc1nc(CC)cc(NC)n1. The van der Waals surface area contributed by atoms with Crippen LogP contribution in [0.3, 0.4) is 0 Å². The third-order valence-electron chi connectivity index (χ3n) is 1.88. The summed E-state index contributed by atoms with van der Waals surface area (Å²) in [5.41, 5.74) is 1.11. The molecule has 0 saturated carbocycles. The molecule has 3 nitrogen and oxygen atoms in total. The van der Waals surface area contributed by atoms with Gasteiger partial charge in [0.05, 0.1) is 5.75 Å². The van der Waals surface area contributed by atoms with Crippen LogP contribution >= 0.6 is 11.8 Å². The summed E-state index contributed by atoms with van der Waals surface area (Å²) in [6.07, 6.45) is 0.959. The van der Waals surface area contributed by atoms with Gasteiger partial charge in [0.25, 0.3) is 0 Å². The predicted octanol–water partition coefficient (Wildman–Crippen LogP) is 2.33. The standard InChI is InChI=1S/C10H17N3S/c1-4-8-6-9(11-3)13-10(12-8)7-14-5-2/h6H,4-5,7H2,1-3H3,(H,11,12,13). The summed E-state index contributed by atoms with van der Waals surface area (Å²) in [5.74, 6) is 3.86. The summed E-state index contributed by atoms with van der Waals surface area (Å²) < 4.78 is 0. The zero-order valence-electron chi connectivity index (χ0n) is 9.00. The number of anilines is 1. The molecule has 0 amide bonds. The molecule has 1 N–H and O–H groups in total. The van der Waals surface area contributed by atoms with Crippen LogP contribution in [0.5, 0.6) is 0 Å². The Morgan fingerprint density at radius 2 is 2.14 bits per heavy atom. The van der Waals surface area contributed by atoms with Gasteiger partial charge in [-0.25, -0.2) is 9.97 Å². The van der Waals surface area contributed by atoms with Crippen LogP contribution in [0.25, 0.3) is 0 Å². The Bertz CT molecular complexity index is 266. The van der Waals surface area contributed by atoms with Crippen LogP contribution in [0, 0.1) is 0 Å². The molecule has 1 rings (SSSR count). The van der Waals surface area contributed by atoms with Crippen molar-refractivity contribution in [2.24, 2.45) is 0 Å². The largest absolute Gasteiger partial charge is 0.373 e. The van der Waals surface area contributed by atoms with Crippen LogP contribution in [0.15, 0.2) is 6.07 Å². The lowest BCUT2D eigenvalue weighted by Gasteiger charge is -2.05. The fraction of sp³-hybridized carbons (Fsp3) is 0.600. The van der Waals surface area contributed by atoms with E-state index in [1.165, 1.54) is 0 Å². The highest BCUT2D eigenvalue weighted by Gasteiger charge is 2.01. The van der Waals surface area contributed by atoms with Gasteiger partial charge in [-0.05, 0) is 12.2 Å². The van der Waals surface area contributed by atoms with E-state index in [9.17, 15) is 0 Å². The van der Waals surface area contributed by atoms with E-state index in [4.69, 9.17) is 0 Å². The molecule has 4 heteroatoms. The third kappa shape index (κ3) is 3.18. The molecule has 0 aliphatic carbocycles. The van der Waals surface area contributed by atoms with Crippen molar-refractivity contribution in [1.29, 1.82) is 0 Å². The van der Waals surface area contributed by atoms with Gasteiger partial charge in [0.15, 0.2) is 0 Å². The topological polar surface area (TPSA) is 37.8 Å². The fourth-order valence-corrected chi connectivity index (χ4v) is 1.64. The third-order valence-corrected chi connectivity index (χ3v) is 2.75. The number of hydrogen-bond acceptors (Lipinski definition) is 4. The second kappa shape index (κ2) is 5.86. The van der Waals surface area contributed by atoms with E-state index in [1.807, 2.05) is 24.9 Å². The Morgan fingerprint density at radius 1 is 1.36 bits per heavy atom. The smallest absolute Gasteiger partial charge is 0.140 e. The monoisotopic (exact) mass is 211 g/mol. The first-order valence-corrected chi connectivity index (χ1v) is 6.08. The average Bonchev–Trinajstić information content (AvgIpc) is 2.25. The molecule has 78 valence electrons. The molecule has 0 fully saturated rings. The summed E-state index contributed by atoms with van der Waals surface area (Å²) in [4.78, 5) is 8.86. The normalized spacial score (nSPS) is 10.2. The number of nitrogens with one attached hydrogen (secondary N) is 1. The Labute approximate surface area is 89.7 Å². The Kier molecular flexibility index (Phi) is 4.73. The maximum atomic E-state index is 4.47. The van der Waals surface area contributed by atoms with Crippen molar-refractivity contribution in [1.82, 2.24) is 9.97 Å². The number of thioether (sulfide) groups is 1. The molecular formula is C10H17N3S. The summed E-state index contributed by atoms with van der Waals surface area (Å²) in [7, 11) is 1.89. The molecule has 1 heterocycles. The molecular weight excluding hydrogens is 194 g/mol. The van der Waals surface area contributed by atoms with Crippen molar-refractivity contribution >= 4 is 17.6 Å². The summed E-state index contributed by atoms with van der Waals surface area (Å²) >= 11 is 1.85. The predicted molar refractivity (Wildman–Crippen MR) is 62.8 cm³/mol. The van der Waals surface area contributed by atoms with Crippen molar-refractivity contribution in [2.75, 3.05) is 18.1 Å². The van der Waals surface area contributed by atoms with Gasteiger partial charge in [0, 0.05) is 18.8 Å². The molecule has 1 aromatic heterocycles. The molecule has 0 aliphatic rings. The maximum Gasteiger partial charge on any atom is 0.140 e. The van der Waals surface area contributed by atoms with Gasteiger partial charge in [-0.2, -0.15) is 11.8 Å². The van der Waals surface area contributed by atoms with Gasteiger partial charge < -0.3 is 5.32 Å². The summed E-state index contributed by atoms with van der Waals surface area (Å²) in [5, 5.41) is 3.06. The molecule has 0 unspecified atom stereocenters. The first-order valence-electron chi connectivity index (χ1n) is 4.92. The van der Waals surface area contributed by atoms with Gasteiger partial charge in [-0.15, -0.1) is 0 Å². The highest BCUT2D eigenvalue weighted by molar-refractivity contribution is 7.98. The molecule has 0 aliphatic heterocycles. The van der Waals surface area contributed by atoms with E-state index < -0.39 is 0 Å². The number of rotatable bonds is 5. The first-order chi connectivity index (χ1) is 6.80. The van der Waals surface area contributed by atoms with Gasteiger partial charge in [-0.1, -0.05) is 13.8 Å². The average molecular weight is 211 g/mol. The Morgan fingerprint density at radius 3 is 2.71 bits per heavy atom. The number of nitrogens with zero attached hydrogens (tertiary/aromatic N) is 2. The highest BCUT2D eigenvalue weighted by Crippen LogP contribution is 2.12. The minimum absolute atomic E-state index is 0.902. The Hall–Kier alpha value is -0.770. The van der Waals surface area contributed by atoms with Crippen LogP contribution in [-0.4, -0.2) is 22.8 Å². The molecule has 0 atom stereocenters. The molecule has 0 aromatic carbocycles. The fourth-order valence-electron chi connectivity index (χ4n) is 1.12. The van der Waals surface area contributed by atoms with Crippen molar-refractivity contribution in [3.8, 4) is 0 Å². The van der Waals surface area contributed by atoms with Gasteiger partial charge >= 0.3 is 0 Å². The van der Waals surface area contributed by atoms with Crippen molar-refractivity contribution in [3.05, 3.63) is 17.6 Å². The lowest BCUT2D eigenvalue weighted by atomic mass is 10.3. The van der Waals surface area contributed by atoms with E-state index in [2.05, 4.69) is 29.1 Å². The van der Waals surface area contributed by atoms with Crippen molar-refractivity contribution in [3.63, 3.8) is 0 Å². The van der Waals surface area contributed by atoms with Crippen LogP contribution in [-0.2, 0) is 12.2 Å². The number of aromatic nitrogens is 2. The number of aryl methyl sites for hydroxylation is 1.